The Balaban J connectivity index is 2.57. The number of ether oxygens (including phenoxy) is 1. The third-order valence-electron chi connectivity index (χ3n) is 3.32. The van der Waals surface area contributed by atoms with Gasteiger partial charge in [0.15, 0.2) is 0 Å². The van der Waals surface area contributed by atoms with Crippen LogP contribution in [0.15, 0.2) is 30.3 Å². The molecule has 2 amide bonds. The van der Waals surface area contributed by atoms with Crippen LogP contribution in [0.5, 0.6) is 0 Å². The van der Waals surface area contributed by atoms with Gasteiger partial charge in [-0.2, -0.15) is 0 Å². The maximum absolute atomic E-state index is 12.4. The van der Waals surface area contributed by atoms with E-state index in [1.165, 1.54) is 11.8 Å². The number of carbonyl (C=O) groups is 2. The molecule has 0 bridgehead atoms. The molecule has 6 nitrogen and oxygen atoms in total. The fraction of sp³-hybridized carbons (Fsp3) is 0.500. The number of aliphatic hydroxyl groups excluding tert-OH is 1. The van der Waals surface area contributed by atoms with Crippen LogP contribution in [-0.4, -0.2) is 47.4 Å². The predicted octanol–water partition coefficient (Wildman–Crippen LogP) is 1.76. The Hall–Kier alpha value is -1.73. The molecule has 139 valence electrons. The number of rotatable bonds is 11. The monoisotopic (exact) mass is 367 g/mol. The molecule has 1 rings (SSSR count). The van der Waals surface area contributed by atoms with E-state index in [4.69, 9.17) is 5.73 Å². The van der Waals surface area contributed by atoms with Crippen LogP contribution in [0.2, 0.25) is 0 Å². The SMILES string of the molecule is CC(C)CNC(=O)C(SCCOC(N)=O)C(O)[CH]Cc1ccccc1. The summed E-state index contributed by atoms with van der Waals surface area (Å²) in [5.74, 6) is 0.465. The van der Waals surface area contributed by atoms with Crippen molar-refractivity contribution in [2.45, 2.75) is 31.6 Å². The van der Waals surface area contributed by atoms with E-state index < -0.39 is 17.4 Å². The Labute approximate surface area is 153 Å². The first-order valence-corrected chi connectivity index (χ1v) is 9.32. The predicted molar refractivity (Wildman–Crippen MR) is 100 cm³/mol. The van der Waals surface area contributed by atoms with Gasteiger partial charge in [-0.05, 0) is 24.3 Å². The van der Waals surface area contributed by atoms with Crippen molar-refractivity contribution in [3.05, 3.63) is 42.3 Å². The maximum atomic E-state index is 12.4. The summed E-state index contributed by atoms with van der Waals surface area (Å²) < 4.78 is 4.67. The van der Waals surface area contributed by atoms with Gasteiger partial charge in [0.1, 0.15) is 11.9 Å². The molecular formula is C18H27N2O4S. The van der Waals surface area contributed by atoms with Crippen molar-refractivity contribution < 1.29 is 19.4 Å². The van der Waals surface area contributed by atoms with E-state index in [1.807, 2.05) is 44.2 Å². The Bertz CT molecular complexity index is 525. The molecule has 0 heterocycles. The van der Waals surface area contributed by atoms with Gasteiger partial charge in [0.25, 0.3) is 0 Å². The van der Waals surface area contributed by atoms with Gasteiger partial charge in [-0.15, -0.1) is 11.8 Å². The third-order valence-corrected chi connectivity index (χ3v) is 4.57. The molecule has 25 heavy (non-hydrogen) atoms. The molecular weight excluding hydrogens is 340 g/mol. The molecule has 0 aliphatic carbocycles. The maximum Gasteiger partial charge on any atom is 0.404 e. The second kappa shape index (κ2) is 11.8. The highest BCUT2D eigenvalue weighted by molar-refractivity contribution is 8.00. The first-order chi connectivity index (χ1) is 11.9. The largest absolute Gasteiger partial charge is 0.449 e. The van der Waals surface area contributed by atoms with E-state index >= 15 is 0 Å². The Morgan fingerprint density at radius 3 is 2.60 bits per heavy atom. The minimum absolute atomic E-state index is 0.0966. The average molecular weight is 367 g/mol. The van der Waals surface area contributed by atoms with Gasteiger partial charge in [-0.3, -0.25) is 4.79 Å². The van der Waals surface area contributed by atoms with Crippen molar-refractivity contribution in [3.63, 3.8) is 0 Å². The standard InChI is InChI=1S/C18H27N2O4S/c1-13(2)12-20-17(22)16(25-11-10-24-18(19)23)15(21)9-8-14-6-4-3-5-7-14/h3-7,9,13,15-16,21H,8,10-12H2,1-2H3,(H2,19,23)(H,20,22). The van der Waals surface area contributed by atoms with Crippen molar-refractivity contribution in [3.8, 4) is 0 Å². The lowest BCUT2D eigenvalue weighted by Gasteiger charge is -2.22. The summed E-state index contributed by atoms with van der Waals surface area (Å²) in [5, 5.41) is 12.6. The average Bonchev–Trinajstić information content (AvgIpc) is 2.58. The Morgan fingerprint density at radius 1 is 1.32 bits per heavy atom. The topological polar surface area (TPSA) is 102 Å². The van der Waals surface area contributed by atoms with Crippen LogP contribution in [-0.2, 0) is 16.0 Å². The fourth-order valence-corrected chi connectivity index (χ4v) is 3.02. The van der Waals surface area contributed by atoms with Crippen molar-refractivity contribution in [2.24, 2.45) is 11.7 Å². The van der Waals surface area contributed by atoms with E-state index in [-0.39, 0.29) is 12.5 Å². The molecule has 0 aliphatic heterocycles. The van der Waals surface area contributed by atoms with Gasteiger partial charge in [0.05, 0.1) is 6.10 Å². The zero-order valence-electron chi connectivity index (χ0n) is 14.7. The smallest absolute Gasteiger partial charge is 0.404 e. The van der Waals surface area contributed by atoms with Crippen LogP contribution in [0.1, 0.15) is 19.4 Å². The van der Waals surface area contributed by atoms with E-state index in [1.54, 1.807) is 6.42 Å². The van der Waals surface area contributed by atoms with Crippen molar-refractivity contribution >= 4 is 23.8 Å². The molecule has 0 saturated carbocycles. The molecule has 1 aromatic carbocycles. The number of benzene rings is 1. The normalized spacial score (nSPS) is 13.3. The minimum atomic E-state index is -0.911. The number of nitrogens with two attached hydrogens (primary N) is 1. The molecule has 0 spiro atoms. The molecule has 0 aliphatic rings. The number of thioether (sulfide) groups is 1. The molecule has 0 fully saturated rings. The molecule has 2 unspecified atom stereocenters. The molecule has 1 radical (unpaired) electrons. The van der Waals surface area contributed by atoms with Crippen LogP contribution in [0, 0.1) is 12.3 Å². The van der Waals surface area contributed by atoms with E-state index in [2.05, 4.69) is 10.1 Å². The number of aliphatic hydroxyl groups is 1. The summed E-state index contributed by atoms with van der Waals surface area (Å²) in [4.78, 5) is 23.0. The highest BCUT2D eigenvalue weighted by atomic mass is 32.2. The van der Waals surface area contributed by atoms with Crippen molar-refractivity contribution in [2.75, 3.05) is 18.9 Å². The number of primary amides is 1. The summed E-state index contributed by atoms with van der Waals surface area (Å²) >= 11 is 1.24. The van der Waals surface area contributed by atoms with E-state index in [0.717, 1.165) is 5.56 Å². The van der Waals surface area contributed by atoms with Crippen molar-refractivity contribution in [1.29, 1.82) is 0 Å². The quantitative estimate of drug-likeness (QED) is 0.517. The molecule has 2 atom stereocenters. The summed E-state index contributed by atoms with van der Waals surface area (Å²) in [6.07, 6.45) is 0.522. The summed E-state index contributed by atoms with van der Waals surface area (Å²) in [6.45, 7) is 4.64. The second-order valence-corrected chi connectivity index (χ2v) is 7.26. The Morgan fingerprint density at radius 2 is 2.00 bits per heavy atom. The van der Waals surface area contributed by atoms with Crippen LogP contribution in [0.25, 0.3) is 0 Å². The number of hydrogen-bond donors (Lipinski definition) is 3. The zero-order chi connectivity index (χ0) is 18.7. The number of carbonyl (C=O) groups excluding carboxylic acids is 2. The van der Waals surface area contributed by atoms with Crippen LogP contribution < -0.4 is 11.1 Å². The van der Waals surface area contributed by atoms with E-state index in [0.29, 0.717) is 24.6 Å². The number of nitrogens with one attached hydrogen (secondary N) is 1. The van der Waals surface area contributed by atoms with Gasteiger partial charge in [-0.1, -0.05) is 44.2 Å². The first kappa shape index (κ1) is 21.3. The molecule has 7 heteroatoms. The van der Waals surface area contributed by atoms with Crippen molar-refractivity contribution in [1.82, 2.24) is 5.32 Å². The van der Waals surface area contributed by atoms with Gasteiger partial charge >= 0.3 is 6.09 Å². The molecule has 0 saturated heterocycles. The molecule has 1 aromatic rings. The summed E-state index contributed by atoms with van der Waals surface area (Å²) in [6, 6.07) is 9.71. The third kappa shape index (κ3) is 9.36. The minimum Gasteiger partial charge on any atom is -0.449 e. The highest BCUT2D eigenvalue weighted by Crippen LogP contribution is 2.19. The number of hydrogen-bond acceptors (Lipinski definition) is 5. The molecule has 0 aromatic heterocycles. The zero-order valence-corrected chi connectivity index (χ0v) is 15.5. The van der Waals surface area contributed by atoms with E-state index in [9.17, 15) is 14.7 Å². The summed E-state index contributed by atoms with van der Waals surface area (Å²) in [5.41, 5.74) is 5.98. The lowest BCUT2D eigenvalue weighted by Crippen LogP contribution is -2.42. The first-order valence-electron chi connectivity index (χ1n) is 8.27. The van der Waals surface area contributed by atoms with Gasteiger partial charge in [0.2, 0.25) is 5.91 Å². The summed E-state index contributed by atoms with van der Waals surface area (Å²) in [7, 11) is 0. The second-order valence-electron chi connectivity index (χ2n) is 6.01. The lowest BCUT2D eigenvalue weighted by atomic mass is 10.0. The Kier molecular flexibility index (Phi) is 10.0. The van der Waals surface area contributed by atoms with Crippen LogP contribution in [0.3, 0.4) is 0 Å². The highest BCUT2D eigenvalue weighted by Gasteiger charge is 2.27. The van der Waals surface area contributed by atoms with Crippen LogP contribution >= 0.6 is 11.8 Å². The van der Waals surface area contributed by atoms with Gasteiger partial charge in [0, 0.05) is 12.3 Å². The molecule has 4 N–H and O–H groups in total. The fourth-order valence-electron chi connectivity index (χ4n) is 2.05. The van der Waals surface area contributed by atoms with Gasteiger partial charge in [-0.25, -0.2) is 4.79 Å². The van der Waals surface area contributed by atoms with Crippen LogP contribution in [0.4, 0.5) is 4.79 Å². The lowest BCUT2D eigenvalue weighted by molar-refractivity contribution is -0.122. The van der Waals surface area contributed by atoms with Gasteiger partial charge < -0.3 is 20.9 Å². The number of amides is 2.